The summed E-state index contributed by atoms with van der Waals surface area (Å²) in [4.78, 5) is 10.8. The third-order valence-electron chi connectivity index (χ3n) is 3.63. The van der Waals surface area contributed by atoms with Crippen LogP contribution in [0.5, 0.6) is 0 Å². The third kappa shape index (κ3) is 2.95. The van der Waals surface area contributed by atoms with Gasteiger partial charge in [0.15, 0.2) is 5.03 Å². The first-order valence-electron chi connectivity index (χ1n) is 6.04. The largest absolute Gasteiger partial charge is 0.481 e. The van der Waals surface area contributed by atoms with Gasteiger partial charge in [0.1, 0.15) is 0 Å². The van der Waals surface area contributed by atoms with Crippen LogP contribution in [0.25, 0.3) is 0 Å². The number of rotatable bonds is 6. The van der Waals surface area contributed by atoms with Crippen LogP contribution in [0, 0.1) is 5.41 Å². The fourth-order valence-corrected chi connectivity index (χ4v) is 3.64. The minimum atomic E-state index is -3.64. The van der Waals surface area contributed by atoms with E-state index in [0.29, 0.717) is 0 Å². The number of aromatic nitrogens is 2. The highest BCUT2D eigenvalue weighted by atomic mass is 32.2. The van der Waals surface area contributed by atoms with Crippen molar-refractivity contribution in [2.75, 3.05) is 6.54 Å². The van der Waals surface area contributed by atoms with E-state index >= 15 is 0 Å². The first-order valence-corrected chi connectivity index (χ1v) is 7.52. The van der Waals surface area contributed by atoms with Gasteiger partial charge in [0.2, 0.25) is 0 Å². The fourth-order valence-electron chi connectivity index (χ4n) is 2.36. The number of carboxylic acid groups (broad SMARTS) is 1. The molecule has 0 aromatic carbocycles. The summed E-state index contributed by atoms with van der Waals surface area (Å²) >= 11 is 0. The van der Waals surface area contributed by atoms with Crippen molar-refractivity contribution >= 4 is 16.0 Å². The Bertz CT molecular complexity index is 575. The van der Waals surface area contributed by atoms with Crippen molar-refractivity contribution in [2.45, 2.75) is 30.7 Å². The van der Waals surface area contributed by atoms with E-state index in [2.05, 4.69) is 9.82 Å². The summed E-state index contributed by atoms with van der Waals surface area (Å²) < 4.78 is 27.9. The van der Waals surface area contributed by atoms with E-state index < -0.39 is 21.4 Å². The Labute approximate surface area is 111 Å². The molecule has 0 aliphatic heterocycles. The maximum absolute atomic E-state index is 12.1. The van der Waals surface area contributed by atoms with Gasteiger partial charge in [-0.25, -0.2) is 13.1 Å². The Hall–Kier alpha value is -1.41. The lowest BCUT2D eigenvalue weighted by Crippen LogP contribution is -2.43. The zero-order chi connectivity index (χ0) is 14.1. The summed E-state index contributed by atoms with van der Waals surface area (Å²) in [5.74, 6) is -0.889. The second kappa shape index (κ2) is 4.93. The number of hydrogen-bond acceptors (Lipinski definition) is 4. The van der Waals surface area contributed by atoms with Gasteiger partial charge < -0.3 is 5.11 Å². The van der Waals surface area contributed by atoms with E-state index in [1.165, 1.54) is 16.9 Å². The van der Waals surface area contributed by atoms with Crippen LogP contribution >= 0.6 is 0 Å². The Morgan fingerprint density at radius 2 is 2.26 bits per heavy atom. The average molecular weight is 287 g/mol. The molecule has 2 rings (SSSR count). The number of nitrogens with zero attached hydrogens (tertiary/aromatic N) is 2. The number of carbonyl (C=O) groups is 1. The van der Waals surface area contributed by atoms with Crippen LogP contribution in [0.2, 0.25) is 0 Å². The van der Waals surface area contributed by atoms with Gasteiger partial charge in [-0.05, 0) is 24.3 Å². The highest BCUT2D eigenvalue weighted by Gasteiger charge is 2.40. The number of hydrogen-bond donors (Lipinski definition) is 2. The molecule has 2 N–H and O–H groups in total. The fraction of sp³-hybridized carbons (Fsp3) is 0.636. The summed E-state index contributed by atoms with van der Waals surface area (Å²) in [6.07, 6.45) is 3.84. The van der Waals surface area contributed by atoms with Gasteiger partial charge in [-0.3, -0.25) is 9.48 Å². The lowest BCUT2D eigenvalue weighted by atomic mass is 9.67. The van der Waals surface area contributed by atoms with Gasteiger partial charge in [-0.15, -0.1) is 0 Å². The molecule has 19 heavy (non-hydrogen) atoms. The first-order chi connectivity index (χ1) is 8.85. The minimum absolute atomic E-state index is 0.000900. The molecule has 1 saturated carbocycles. The van der Waals surface area contributed by atoms with E-state index in [-0.39, 0.29) is 18.0 Å². The van der Waals surface area contributed by atoms with Crippen molar-refractivity contribution in [3.05, 3.63) is 12.3 Å². The SMILES string of the molecule is Cn1nccc1S(=O)(=O)NCC1(CC(=O)O)CCC1. The Kier molecular flexibility index (Phi) is 3.64. The number of nitrogens with one attached hydrogen (secondary N) is 1. The normalized spacial score (nSPS) is 17.9. The molecule has 0 amide bonds. The topological polar surface area (TPSA) is 101 Å². The molecule has 7 nitrogen and oxygen atoms in total. The van der Waals surface area contributed by atoms with Crippen LogP contribution in [0.15, 0.2) is 17.3 Å². The summed E-state index contributed by atoms with van der Waals surface area (Å²) in [5.41, 5.74) is -0.433. The van der Waals surface area contributed by atoms with Crippen molar-refractivity contribution < 1.29 is 18.3 Å². The van der Waals surface area contributed by atoms with Gasteiger partial charge in [0, 0.05) is 13.6 Å². The lowest BCUT2D eigenvalue weighted by molar-refractivity contribution is -0.141. The molecule has 1 aromatic rings. The number of aliphatic carboxylic acids is 1. The van der Waals surface area contributed by atoms with Gasteiger partial charge >= 0.3 is 5.97 Å². The zero-order valence-electron chi connectivity index (χ0n) is 10.7. The summed E-state index contributed by atoms with van der Waals surface area (Å²) in [7, 11) is -2.09. The molecule has 0 spiro atoms. The molecule has 1 fully saturated rings. The first kappa shape index (κ1) is 14.0. The molecule has 8 heteroatoms. The smallest absolute Gasteiger partial charge is 0.303 e. The van der Waals surface area contributed by atoms with Gasteiger partial charge in [0.25, 0.3) is 10.0 Å². The van der Waals surface area contributed by atoms with Gasteiger partial charge in [-0.1, -0.05) is 6.42 Å². The van der Waals surface area contributed by atoms with Crippen LogP contribution in [0.1, 0.15) is 25.7 Å². The summed E-state index contributed by atoms with van der Waals surface area (Å²) in [6, 6.07) is 1.41. The number of aryl methyl sites for hydroxylation is 1. The number of sulfonamides is 1. The quantitative estimate of drug-likeness (QED) is 0.786. The van der Waals surface area contributed by atoms with E-state index in [1.54, 1.807) is 7.05 Å². The molecule has 1 aromatic heterocycles. The molecule has 0 unspecified atom stereocenters. The summed E-state index contributed by atoms with van der Waals surface area (Å²) in [5, 5.41) is 12.8. The van der Waals surface area contributed by atoms with Crippen molar-refractivity contribution in [3.63, 3.8) is 0 Å². The second-order valence-electron chi connectivity index (χ2n) is 5.04. The predicted molar refractivity (Wildman–Crippen MR) is 66.9 cm³/mol. The van der Waals surface area contributed by atoms with E-state index in [4.69, 9.17) is 5.11 Å². The standard InChI is InChI=1S/C11H17N3O4S/c1-14-9(3-6-12-14)19(17,18)13-8-11(4-2-5-11)7-10(15)16/h3,6,13H,2,4-5,7-8H2,1H3,(H,15,16). The molecule has 0 saturated heterocycles. The van der Waals surface area contributed by atoms with Crippen LogP contribution in [0.4, 0.5) is 0 Å². The third-order valence-corrected chi connectivity index (χ3v) is 5.10. The maximum Gasteiger partial charge on any atom is 0.303 e. The Balaban J connectivity index is 2.06. The highest BCUT2D eigenvalue weighted by molar-refractivity contribution is 7.89. The Morgan fingerprint density at radius 3 is 2.68 bits per heavy atom. The minimum Gasteiger partial charge on any atom is -0.481 e. The molecule has 1 heterocycles. The summed E-state index contributed by atoms with van der Waals surface area (Å²) in [6.45, 7) is 0.160. The molecule has 0 bridgehead atoms. The van der Waals surface area contributed by atoms with Gasteiger partial charge in [0.05, 0.1) is 12.6 Å². The molecule has 0 radical (unpaired) electrons. The number of carboxylic acids is 1. The van der Waals surface area contributed by atoms with E-state index in [0.717, 1.165) is 19.3 Å². The Morgan fingerprint density at radius 1 is 1.58 bits per heavy atom. The van der Waals surface area contributed by atoms with Crippen molar-refractivity contribution in [2.24, 2.45) is 12.5 Å². The van der Waals surface area contributed by atoms with Crippen molar-refractivity contribution in [3.8, 4) is 0 Å². The van der Waals surface area contributed by atoms with E-state index in [1.807, 2.05) is 0 Å². The monoisotopic (exact) mass is 287 g/mol. The lowest BCUT2D eigenvalue weighted by Gasteiger charge is -2.40. The molecular formula is C11H17N3O4S. The zero-order valence-corrected chi connectivity index (χ0v) is 11.5. The molecule has 1 aliphatic rings. The van der Waals surface area contributed by atoms with E-state index in [9.17, 15) is 13.2 Å². The van der Waals surface area contributed by atoms with Crippen LogP contribution < -0.4 is 4.72 Å². The van der Waals surface area contributed by atoms with Crippen molar-refractivity contribution in [1.82, 2.24) is 14.5 Å². The van der Waals surface area contributed by atoms with Crippen LogP contribution in [-0.4, -0.2) is 35.8 Å². The molecule has 1 aliphatic carbocycles. The van der Waals surface area contributed by atoms with Crippen LogP contribution in [0.3, 0.4) is 0 Å². The second-order valence-corrected chi connectivity index (χ2v) is 6.76. The molecule has 0 atom stereocenters. The van der Waals surface area contributed by atoms with Crippen molar-refractivity contribution in [1.29, 1.82) is 0 Å². The van der Waals surface area contributed by atoms with Gasteiger partial charge in [-0.2, -0.15) is 5.10 Å². The maximum atomic E-state index is 12.1. The average Bonchev–Trinajstić information content (AvgIpc) is 2.68. The molecular weight excluding hydrogens is 270 g/mol. The van der Waals surface area contributed by atoms with Crippen LogP contribution in [-0.2, 0) is 21.9 Å². The highest BCUT2D eigenvalue weighted by Crippen LogP contribution is 2.43. The molecule has 106 valence electrons. The predicted octanol–water partition coefficient (Wildman–Crippen LogP) is 0.343.